The molecule has 0 saturated heterocycles. The number of rotatable bonds is 5. The van der Waals surface area contributed by atoms with Crippen LogP contribution in [0.25, 0.3) is 20.9 Å². The van der Waals surface area contributed by atoms with Crippen LogP contribution in [0.1, 0.15) is 30.5 Å². The van der Waals surface area contributed by atoms with Crippen molar-refractivity contribution < 1.29 is 24.0 Å². The molecule has 2 heterocycles. The second kappa shape index (κ2) is 11.6. The Bertz CT molecular complexity index is 1420. The Morgan fingerprint density at radius 3 is 1.72 bits per heavy atom. The van der Waals surface area contributed by atoms with Crippen LogP contribution in [0.5, 0.6) is 0 Å². The van der Waals surface area contributed by atoms with Crippen LogP contribution in [0.4, 0.5) is 11.4 Å². The molecule has 0 spiro atoms. The minimum absolute atomic E-state index is 0.0279. The summed E-state index contributed by atoms with van der Waals surface area (Å²) in [6.45, 7) is 3.69. The fourth-order valence-corrected chi connectivity index (χ4v) is 5.51. The standard InChI is InChI=1S/C13H11NO4S.C13H13NO2S/c1-8-10(13(15)18-2)7-12(19-8)9-5-3-4-6-11(9)14(16)17;1-8-10(13(15)16-2)7-12(17-8)9-5-3-4-6-11(9)14/h3-7H,1-2H3;3-7H,14H2,1-2H3. The Balaban J connectivity index is 0.000000202. The molecule has 0 amide bonds. The molecule has 0 aliphatic heterocycles. The lowest BCUT2D eigenvalue weighted by Gasteiger charge is -2.01. The van der Waals surface area contributed by atoms with Crippen LogP contribution < -0.4 is 5.73 Å². The average molecular weight is 525 g/mol. The number of carbonyl (C=O) groups excluding carboxylic acids is 2. The van der Waals surface area contributed by atoms with Crippen molar-refractivity contribution in [1.82, 2.24) is 0 Å². The number of anilines is 1. The lowest BCUT2D eigenvalue weighted by Crippen LogP contribution is -2.00. The Labute approximate surface area is 216 Å². The Hall–Kier alpha value is -4.02. The third-order valence-electron chi connectivity index (χ3n) is 5.24. The summed E-state index contributed by atoms with van der Waals surface area (Å²) in [5.74, 6) is -0.738. The van der Waals surface area contributed by atoms with E-state index in [0.29, 0.717) is 27.3 Å². The summed E-state index contributed by atoms with van der Waals surface area (Å²) in [6.07, 6.45) is 0. The maximum atomic E-state index is 11.5. The quantitative estimate of drug-likeness (QED) is 0.137. The van der Waals surface area contributed by atoms with Gasteiger partial charge in [-0.3, -0.25) is 10.1 Å². The third-order valence-corrected chi connectivity index (χ3v) is 7.41. The summed E-state index contributed by atoms with van der Waals surface area (Å²) in [4.78, 5) is 37.0. The number of nitro benzene ring substituents is 1. The van der Waals surface area contributed by atoms with Crippen molar-refractivity contribution in [2.75, 3.05) is 20.0 Å². The molecule has 4 aromatic rings. The van der Waals surface area contributed by atoms with Gasteiger partial charge in [0, 0.05) is 36.8 Å². The summed E-state index contributed by atoms with van der Waals surface area (Å²) in [6, 6.07) is 17.5. The molecule has 0 bridgehead atoms. The average Bonchev–Trinajstić information content (AvgIpc) is 3.46. The van der Waals surface area contributed by atoms with Gasteiger partial charge in [0.15, 0.2) is 0 Å². The van der Waals surface area contributed by atoms with E-state index in [1.54, 1.807) is 42.5 Å². The molecule has 0 aliphatic rings. The van der Waals surface area contributed by atoms with E-state index < -0.39 is 10.9 Å². The highest BCUT2D eigenvalue weighted by molar-refractivity contribution is 7.16. The molecule has 4 rings (SSSR count). The lowest BCUT2D eigenvalue weighted by molar-refractivity contribution is -0.384. The molecule has 0 atom stereocenters. The van der Waals surface area contributed by atoms with Gasteiger partial charge in [0.2, 0.25) is 0 Å². The van der Waals surface area contributed by atoms with Crippen molar-refractivity contribution in [2.45, 2.75) is 13.8 Å². The number of ether oxygens (including phenoxy) is 2. The molecule has 0 unspecified atom stereocenters. The van der Waals surface area contributed by atoms with E-state index in [-0.39, 0.29) is 11.7 Å². The van der Waals surface area contributed by atoms with Crippen molar-refractivity contribution in [3.8, 4) is 20.9 Å². The molecule has 10 heteroatoms. The zero-order valence-electron chi connectivity index (χ0n) is 20.1. The van der Waals surface area contributed by atoms with Crippen molar-refractivity contribution in [2.24, 2.45) is 0 Å². The summed E-state index contributed by atoms with van der Waals surface area (Å²) >= 11 is 2.88. The second-order valence-electron chi connectivity index (χ2n) is 7.51. The number of nitrogen functional groups attached to an aromatic ring is 1. The molecule has 2 N–H and O–H groups in total. The van der Waals surface area contributed by atoms with E-state index >= 15 is 0 Å². The smallest absolute Gasteiger partial charge is 0.338 e. The van der Waals surface area contributed by atoms with E-state index in [9.17, 15) is 19.7 Å². The first-order valence-electron chi connectivity index (χ1n) is 10.6. The maximum absolute atomic E-state index is 11.5. The topological polar surface area (TPSA) is 122 Å². The first-order valence-corrected chi connectivity index (χ1v) is 12.3. The van der Waals surface area contributed by atoms with Gasteiger partial charge >= 0.3 is 11.9 Å². The minimum Gasteiger partial charge on any atom is -0.465 e. The molecule has 0 radical (unpaired) electrons. The Kier molecular flexibility index (Phi) is 8.57. The van der Waals surface area contributed by atoms with E-state index in [1.165, 1.54) is 31.6 Å². The molecular formula is C26H24N2O6S2. The van der Waals surface area contributed by atoms with Gasteiger partial charge in [0.05, 0.1) is 35.8 Å². The molecule has 186 valence electrons. The van der Waals surface area contributed by atoms with Crippen LogP contribution in [-0.2, 0) is 9.47 Å². The molecule has 0 fully saturated rings. The number of para-hydroxylation sites is 2. The fraction of sp³-hybridized carbons (Fsp3) is 0.154. The lowest BCUT2D eigenvalue weighted by atomic mass is 10.1. The van der Waals surface area contributed by atoms with E-state index in [2.05, 4.69) is 4.74 Å². The molecule has 36 heavy (non-hydrogen) atoms. The monoisotopic (exact) mass is 524 g/mol. The van der Waals surface area contributed by atoms with Gasteiger partial charge in [0.25, 0.3) is 5.69 Å². The van der Waals surface area contributed by atoms with Crippen molar-refractivity contribution in [1.29, 1.82) is 0 Å². The van der Waals surface area contributed by atoms with Gasteiger partial charge in [-0.15, -0.1) is 22.7 Å². The predicted molar refractivity (Wildman–Crippen MR) is 143 cm³/mol. The highest BCUT2D eigenvalue weighted by Gasteiger charge is 2.20. The highest BCUT2D eigenvalue weighted by Crippen LogP contribution is 2.37. The van der Waals surface area contributed by atoms with Crippen LogP contribution in [0.2, 0.25) is 0 Å². The molecular weight excluding hydrogens is 500 g/mol. The van der Waals surface area contributed by atoms with Crippen LogP contribution in [-0.4, -0.2) is 31.1 Å². The van der Waals surface area contributed by atoms with E-state index in [1.807, 2.05) is 37.3 Å². The number of nitrogens with zero attached hydrogens (tertiary/aromatic N) is 1. The van der Waals surface area contributed by atoms with Crippen molar-refractivity contribution >= 4 is 46.0 Å². The highest BCUT2D eigenvalue weighted by atomic mass is 32.1. The third kappa shape index (κ3) is 5.78. The molecule has 0 saturated carbocycles. The number of methoxy groups -OCH3 is 2. The number of nitro groups is 1. The molecule has 0 aliphatic carbocycles. The Morgan fingerprint density at radius 2 is 1.25 bits per heavy atom. The molecule has 2 aromatic heterocycles. The number of thiophene rings is 2. The zero-order valence-corrected chi connectivity index (χ0v) is 21.7. The zero-order chi connectivity index (χ0) is 26.4. The summed E-state index contributed by atoms with van der Waals surface area (Å²) in [5, 5.41) is 11.0. The second-order valence-corrected chi connectivity index (χ2v) is 10.0. The minimum atomic E-state index is -0.432. The Morgan fingerprint density at radius 1 is 0.806 bits per heavy atom. The van der Waals surface area contributed by atoms with Crippen LogP contribution in [0.15, 0.2) is 60.7 Å². The number of benzene rings is 2. The van der Waals surface area contributed by atoms with Crippen LogP contribution in [0.3, 0.4) is 0 Å². The van der Waals surface area contributed by atoms with Gasteiger partial charge in [0.1, 0.15) is 0 Å². The van der Waals surface area contributed by atoms with Crippen LogP contribution >= 0.6 is 22.7 Å². The largest absolute Gasteiger partial charge is 0.465 e. The van der Waals surface area contributed by atoms with Crippen molar-refractivity contribution in [3.05, 3.63) is 91.7 Å². The van der Waals surface area contributed by atoms with Crippen molar-refractivity contribution in [3.63, 3.8) is 0 Å². The van der Waals surface area contributed by atoms with Gasteiger partial charge < -0.3 is 15.2 Å². The van der Waals surface area contributed by atoms with E-state index in [0.717, 1.165) is 20.2 Å². The summed E-state index contributed by atoms with van der Waals surface area (Å²) < 4.78 is 9.41. The maximum Gasteiger partial charge on any atom is 0.338 e. The van der Waals surface area contributed by atoms with Gasteiger partial charge in [-0.05, 0) is 38.1 Å². The first kappa shape index (κ1) is 26.6. The van der Waals surface area contributed by atoms with Gasteiger partial charge in [-0.25, -0.2) is 9.59 Å². The van der Waals surface area contributed by atoms with Crippen LogP contribution in [0, 0.1) is 24.0 Å². The number of esters is 2. The van der Waals surface area contributed by atoms with Gasteiger partial charge in [-0.1, -0.05) is 30.3 Å². The number of aryl methyl sites for hydroxylation is 2. The normalized spacial score (nSPS) is 10.2. The number of hydrogen-bond donors (Lipinski definition) is 1. The first-order chi connectivity index (χ1) is 17.2. The van der Waals surface area contributed by atoms with E-state index in [4.69, 9.17) is 10.5 Å². The predicted octanol–water partition coefficient (Wildman–Crippen LogP) is 6.51. The summed E-state index contributed by atoms with van der Waals surface area (Å²) in [5.41, 5.74) is 9.17. The fourth-order valence-electron chi connectivity index (χ4n) is 3.42. The number of hydrogen-bond acceptors (Lipinski definition) is 9. The molecule has 8 nitrogen and oxygen atoms in total. The SMILES string of the molecule is COC(=O)c1cc(-c2ccccc2N)sc1C.COC(=O)c1cc(-c2ccccc2[N+](=O)[O-])sc1C. The molecule has 2 aromatic carbocycles. The summed E-state index contributed by atoms with van der Waals surface area (Å²) in [7, 11) is 2.69. The van der Waals surface area contributed by atoms with Gasteiger partial charge in [-0.2, -0.15) is 0 Å². The number of nitrogens with two attached hydrogens (primary N) is 1. The number of carbonyl (C=O) groups is 2.